The van der Waals surface area contributed by atoms with Crippen LogP contribution in [0.3, 0.4) is 0 Å². The molecule has 0 bridgehead atoms. The predicted molar refractivity (Wildman–Crippen MR) is 59.5 cm³/mol. The van der Waals surface area contributed by atoms with Crippen molar-refractivity contribution in [2.75, 3.05) is 0 Å². The molecule has 2 heteroatoms. The van der Waals surface area contributed by atoms with E-state index in [1.54, 1.807) is 0 Å². The predicted octanol–water partition coefficient (Wildman–Crippen LogP) is 2.88. The molecule has 0 aromatic heterocycles. The molecule has 76 valence electrons. The Morgan fingerprint density at radius 1 is 0.800 bits per heavy atom. The Hall–Kier alpha value is -0.00610. The molecule has 0 aliphatic carbocycles. The van der Waals surface area contributed by atoms with Gasteiger partial charge in [0, 0.05) is 0 Å². The maximum atomic E-state index is 10.5. The molecular weight excluding hydrogens is 261 g/mol. The SMILES string of the molecule is Cc1c(C)c(C)c(C[C-]=O)c(C)c1C.[Y+3]. The molecule has 0 unspecified atom stereocenters. The Bertz CT molecular complexity index is 352. The maximum Gasteiger partial charge on any atom is 3.00 e. The monoisotopic (exact) mass is 278 g/mol. The fraction of sp³-hybridized carbons (Fsp3) is 0.462. The van der Waals surface area contributed by atoms with Crippen LogP contribution in [0.25, 0.3) is 0 Å². The molecule has 0 atom stereocenters. The minimum absolute atomic E-state index is 0. The third-order valence-corrected chi connectivity index (χ3v) is 3.40. The molecule has 0 saturated carbocycles. The van der Waals surface area contributed by atoms with Gasteiger partial charge in [0.1, 0.15) is 0 Å². The van der Waals surface area contributed by atoms with Crippen molar-refractivity contribution in [2.24, 2.45) is 0 Å². The van der Waals surface area contributed by atoms with Gasteiger partial charge in [0.25, 0.3) is 0 Å². The average Bonchev–Trinajstić information content (AvgIpc) is 2.19. The van der Waals surface area contributed by atoms with Crippen molar-refractivity contribution in [3.63, 3.8) is 0 Å². The van der Waals surface area contributed by atoms with Gasteiger partial charge in [-0.05, 0) is 62.4 Å². The summed E-state index contributed by atoms with van der Waals surface area (Å²) >= 11 is 0. The van der Waals surface area contributed by atoms with E-state index in [1.807, 2.05) is 6.29 Å². The Morgan fingerprint density at radius 3 is 1.47 bits per heavy atom. The zero-order chi connectivity index (χ0) is 10.9. The Kier molecular flexibility index (Phi) is 5.91. The van der Waals surface area contributed by atoms with Crippen molar-refractivity contribution in [3.8, 4) is 0 Å². The van der Waals surface area contributed by atoms with Crippen LogP contribution in [0.2, 0.25) is 0 Å². The molecule has 0 aliphatic rings. The molecular formula is C13H17OY+2. The first-order valence-electron chi connectivity index (χ1n) is 4.91. The van der Waals surface area contributed by atoms with E-state index in [1.165, 1.54) is 27.8 Å². The summed E-state index contributed by atoms with van der Waals surface area (Å²) in [6, 6.07) is 0. The van der Waals surface area contributed by atoms with Crippen molar-refractivity contribution in [1.29, 1.82) is 0 Å². The van der Waals surface area contributed by atoms with E-state index in [0.29, 0.717) is 6.42 Å². The molecule has 0 spiro atoms. The fourth-order valence-corrected chi connectivity index (χ4v) is 1.91. The molecule has 0 heterocycles. The summed E-state index contributed by atoms with van der Waals surface area (Å²) in [5, 5.41) is 0. The van der Waals surface area contributed by atoms with E-state index in [2.05, 4.69) is 34.6 Å². The third kappa shape index (κ3) is 2.76. The van der Waals surface area contributed by atoms with Gasteiger partial charge in [0.15, 0.2) is 0 Å². The van der Waals surface area contributed by atoms with Crippen molar-refractivity contribution in [1.82, 2.24) is 0 Å². The van der Waals surface area contributed by atoms with Crippen LogP contribution < -0.4 is 0 Å². The Morgan fingerprint density at radius 2 is 1.13 bits per heavy atom. The van der Waals surface area contributed by atoms with Crippen LogP contribution >= 0.6 is 0 Å². The van der Waals surface area contributed by atoms with Crippen LogP contribution in [0.15, 0.2) is 0 Å². The van der Waals surface area contributed by atoms with Crippen LogP contribution in [0, 0.1) is 34.6 Å². The zero-order valence-corrected chi connectivity index (χ0v) is 13.0. The van der Waals surface area contributed by atoms with Gasteiger partial charge in [-0.2, -0.15) is 0 Å². The summed E-state index contributed by atoms with van der Waals surface area (Å²) in [6.07, 6.45) is 2.41. The topological polar surface area (TPSA) is 17.1 Å². The molecule has 0 aliphatic heterocycles. The normalized spacial score (nSPS) is 9.67. The molecule has 0 radical (unpaired) electrons. The number of hydrogen-bond acceptors (Lipinski definition) is 1. The average molecular weight is 278 g/mol. The summed E-state index contributed by atoms with van der Waals surface area (Å²) in [5.74, 6) is 0. The van der Waals surface area contributed by atoms with E-state index >= 15 is 0 Å². The minimum Gasteiger partial charge on any atom is -0.541 e. The largest absolute Gasteiger partial charge is 3.00 e. The summed E-state index contributed by atoms with van der Waals surface area (Å²) in [6.45, 7) is 10.5. The summed E-state index contributed by atoms with van der Waals surface area (Å²) < 4.78 is 0. The van der Waals surface area contributed by atoms with Crippen LogP contribution in [0.4, 0.5) is 0 Å². The van der Waals surface area contributed by atoms with Gasteiger partial charge in [-0.15, -0.1) is 6.42 Å². The smallest absolute Gasteiger partial charge is 0.541 e. The van der Waals surface area contributed by atoms with Crippen molar-refractivity contribution < 1.29 is 37.5 Å². The number of rotatable bonds is 2. The second kappa shape index (κ2) is 5.91. The molecule has 1 aromatic carbocycles. The third-order valence-electron chi connectivity index (χ3n) is 3.40. The van der Waals surface area contributed by atoms with Gasteiger partial charge >= 0.3 is 32.7 Å². The first-order valence-corrected chi connectivity index (χ1v) is 4.91. The number of benzene rings is 1. The Labute approximate surface area is 118 Å². The van der Waals surface area contributed by atoms with Crippen LogP contribution in [-0.4, -0.2) is 6.29 Å². The van der Waals surface area contributed by atoms with Crippen LogP contribution in [-0.2, 0) is 43.9 Å². The molecule has 1 aromatic rings. The van der Waals surface area contributed by atoms with Crippen molar-refractivity contribution in [2.45, 2.75) is 41.0 Å². The minimum atomic E-state index is 0. The molecule has 0 saturated heterocycles. The van der Waals surface area contributed by atoms with Crippen molar-refractivity contribution in [3.05, 3.63) is 33.4 Å². The van der Waals surface area contributed by atoms with Gasteiger partial charge < -0.3 is 4.79 Å². The number of hydrogen-bond donors (Lipinski definition) is 0. The van der Waals surface area contributed by atoms with Gasteiger partial charge in [0.05, 0.1) is 0 Å². The first-order chi connectivity index (χ1) is 6.50. The molecule has 0 amide bonds. The first kappa shape index (κ1) is 15.0. The van der Waals surface area contributed by atoms with E-state index in [9.17, 15) is 4.79 Å². The Balaban J connectivity index is 0.00000196. The van der Waals surface area contributed by atoms with Crippen LogP contribution in [0.5, 0.6) is 0 Å². The fourth-order valence-electron chi connectivity index (χ4n) is 1.91. The number of carbonyl (C=O) groups excluding carboxylic acids is 1. The molecule has 15 heavy (non-hydrogen) atoms. The van der Waals surface area contributed by atoms with Gasteiger partial charge in [-0.3, -0.25) is 6.29 Å². The van der Waals surface area contributed by atoms with E-state index < -0.39 is 0 Å². The molecule has 0 N–H and O–H groups in total. The standard InChI is InChI=1S/C13H17O.Y/c1-8-9(2)11(4)13(6-7-14)12(5)10(8)3;/h6H2,1-5H3;/q-1;+3. The van der Waals surface area contributed by atoms with E-state index in [4.69, 9.17) is 0 Å². The van der Waals surface area contributed by atoms with E-state index in [0.717, 1.165) is 5.56 Å². The summed E-state index contributed by atoms with van der Waals surface area (Å²) in [4.78, 5) is 10.5. The van der Waals surface area contributed by atoms with E-state index in [-0.39, 0.29) is 32.7 Å². The van der Waals surface area contributed by atoms with Crippen LogP contribution in [0.1, 0.15) is 33.4 Å². The molecule has 1 nitrogen and oxygen atoms in total. The second-order valence-corrected chi connectivity index (χ2v) is 3.92. The van der Waals surface area contributed by atoms with Gasteiger partial charge in [0.2, 0.25) is 0 Å². The molecule has 1 rings (SSSR count). The zero-order valence-electron chi connectivity index (χ0n) is 10.2. The van der Waals surface area contributed by atoms with Gasteiger partial charge in [-0.1, -0.05) is 5.56 Å². The summed E-state index contributed by atoms with van der Waals surface area (Å²) in [5.41, 5.74) is 7.59. The molecule has 0 fully saturated rings. The van der Waals surface area contributed by atoms with Gasteiger partial charge in [-0.25, -0.2) is 0 Å². The second-order valence-electron chi connectivity index (χ2n) is 3.92. The maximum absolute atomic E-state index is 10.5. The quantitative estimate of drug-likeness (QED) is 0.760. The van der Waals surface area contributed by atoms with Crippen molar-refractivity contribution >= 4 is 6.29 Å². The summed E-state index contributed by atoms with van der Waals surface area (Å²) in [7, 11) is 0.